The topological polar surface area (TPSA) is 76.2 Å². The van der Waals surface area contributed by atoms with Crippen LogP contribution in [0.15, 0.2) is 29.9 Å². The molecule has 3 rings (SSSR count). The molecule has 2 aromatic rings. The minimum Gasteiger partial charge on any atom is -0.400 e. The Balaban J connectivity index is 1.92. The van der Waals surface area contributed by atoms with Crippen molar-refractivity contribution in [1.29, 1.82) is 0 Å². The summed E-state index contributed by atoms with van der Waals surface area (Å²) in [6.45, 7) is 9.92. The lowest BCUT2D eigenvalue weighted by molar-refractivity contribution is -0.118. The first-order valence-electron chi connectivity index (χ1n) is 8.42. The zero-order valence-electron chi connectivity index (χ0n) is 15.3. The number of nitrogens with one attached hydrogen (secondary N) is 2. The SMILES string of the molecule is CC(=O)NCC(=Cc1ccc2cn[nH]c2c1)B1OC(C)(C)C(C)(C)O1. The van der Waals surface area contributed by atoms with Gasteiger partial charge in [-0.1, -0.05) is 18.2 Å². The number of aromatic nitrogens is 2. The van der Waals surface area contributed by atoms with Crippen molar-refractivity contribution in [3.8, 4) is 0 Å². The highest BCUT2D eigenvalue weighted by atomic mass is 16.7. The van der Waals surface area contributed by atoms with Gasteiger partial charge in [0.25, 0.3) is 0 Å². The van der Waals surface area contributed by atoms with Crippen molar-refractivity contribution in [2.24, 2.45) is 0 Å². The summed E-state index contributed by atoms with van der Waals surface area (Å²) in [4.78, 5) is 11.4. The molecule has 0 atom stereocenters. The van der Waals surface area contributed by atoms with Crippen LogP contribution in [0.4, 0.5) is 0 Å². The maximum absolute atomic E-state index is 11.4. The number of rotatable bonds is 4. The normalized spacial score (nSPS) is 19.4. The summed E-state index contributed by atoms with van der Waals surface area (Å²) in [5, 5.41) is 10.9. The molecule has 25 heavy (non-hydrogen) atoms. The zero-order chi connectivity index (χ0) is 18.2. The molecular formula is C18H24BN3O3. The fourth-order valence-corrected chi connectivity index (χ4v) is 2.68. The Labute approximate surface area is 148 Å². The monoisotopic (exact) mass is 341 g/mol. The van der Waals surface area contributed by atoms with Crippen LogP contribution in [-0.2, 0) is 14.1 Å². The van der Waals surface area contributed by atoms with Gasteiger partial charge in [0.1, 0.15) is 0 Å². The molecule has 1 aliphatic heterocycles. The van der Waals surface area contributed by atoms with Crippen molar-refractivity contribution >= 4 is 30.0 Å². The van der Waals surface area contributed by atoms with Crippen LogP contribution in [0.2, 0.25) is 0 Å². The molecule has 0 radical (unpaired) electrons. The fraction of sp³-hybridized carbons (Fsp3) is 0.444. The van der Waals surface area contributed by atoms with E-state index in [2.05, 4.69) is 15.5 Å². The lowest BCUT2D eigenvalue weighted by Gasteiger charge is -2.32. The second-order valence-electron chi connectivity index (χ2n) is 7.43. The van der Waals surface area contributed by atoms with Crippen molar-refractivity contribution in [2.75, 3.05) is 6.54 Å². The predicted octanol–water partition coefficient (Wildman–Crippen LogP) is 2.71. The van der Waals surface area contributed by atoms with Gasteiger partial charge in [-0.25, -0.2) is 0 Å². The van der Waals surface area contributed by atoms with Crippen LogP contribution in [-0.4, -0.2) is 41.0 Å². The van der Waals surface area contributed by atoms with Crippen molar-refractivity contribution in [3.63, 3.8) is 0 Å². The van der Waals surface area contributed by atoms with Crippen molar-refractivity contribution in [1.82, 2.24) is 15.5 Å². The Morgan fingerprint density at radius 3 is 2.60 bits per heavy atom. The van der Waals surface area contributed by atoms with Gasteiger partial charge in [0, 0.05) is 18.9 Å². The quantitative estimate of drug-likeness (QED) is 0.839. The molecule has 0 unspecified atom stereocenters. The van der Waals surface area contributed by atoms with Crippen molar-refractivity contribution < 1.29 is 14.1 Å². The number of benzene rings is 1. The van der Waals surface area contributed by atoms with Crippen molar-refractivity contribution in [2.45, 2.75) is 45.8 Å². The molecule has 0 saturated carbocycles. The van der Waals surface area contributed by atoms with E-state index in [4.69, 9.17) is 9.31 Å². The number of aromatic amines is 1. The standard InChI is InChI=1S/C18H24BN3O3/c1-12(23)20-11-15(19-24-17(2,3)18(4,5)25-19)8-13-6-7-14-10-21-22-16(14)9-13/h6-10H,11H2,1-5H3,(H,20,23)(H,21,22). The third-order valence-electron chi connectivity index (χ3n) is 4.92. The van der Waals surface area contributed by atoms with Crippen LogP contribution < -0.4 is 5.32 Å². The van der Waals surface area contributed by atoms with E-state index in [9.17, 15) is 4.79 Å². The second-order valence-corrected chi connectivity index (χ2v) is 7.43. The second kappa shape index (κ2) is 6.31. The minimum absolute atomic E-state index is 0.0913. The van der Waals surface area contributed by atoms with Gasteiger partial charge in [0.15, 0.2) is 0 Å². The molecule has 1 fully saturated rings. The molecule has 0 spiro atoms. The van der Waals surface area contributed by atoms with Crippen LogP contribution in [0, 0.1) is 0 Å². The number of hydrogen-bond acceptors (Lipinski definition) is 4. The number of H-pyrrole nitrogens is 1. The molecule has 2 heterocycles. The number of nitrogens with zero attached hydrogens (tertiary/aromatic N) is 1. The van der Waals surface area contributed by atoms with E-state index >= 15 is 0 Å². The van der Waals surface area contributed by atoms with Crippen LogP contribution in [0.5, 0.6) is 0 Å². The number of carbonyl (C=O) groups excluding carboxylic acids is 1. The maximum atomic E-state index is 11.4. The molecule has 7 heteroatoms. The van der Waals surface area contributed by atoms with E-state index in [1.54, 1.807) is 6.20 Å². The van der Waals surface area contributed by atoms with Crippen LogP contribution in [0.1, 0.15) is 40.2 Å². The zero-order valence-corrected chi connectivity index (χ0v) is 15.3. The predicted molar refractivity (Wildman–Crippen MR) is 98.8 cm³/mol. The summed E-state index contributed by atoms with van der Waals surface area (Å²) in [6.07, 6.45) is 3.79. The molecule has 6 nitrogen and oxygen atoms in total. The Kier molecular flexibility index (Phi) is 4.47. The first-order chi connectivity index (χ1) is 11.7. The molecular weight excluding hydrogens is 317 g/mol. The smallest absolute Gasteiger partial charge is 0.400 e. The Bertz CT molecular complexity index is 810. The summed E-state index contributed by atoms with van der Waals surface area (Å²) in [7, 11) is -0.505. The largest absolute Gasteiger partial charge is 0.492 e. The minimum atomic E-state index is -0.505. The number of carbonyl (C=O) groups is 1. The summed E-state index contributed by atoms with van der Waals surface area (Å²) >= 11 is 0. The molecule has 0 bridgehead atoms. The average Bonchev–Trinajstić information content (AvgIpc) is 3.05. The summed E-state index contributed by atoms with van der Waals surface area (Å²) in [5.41, 5.74) is 1.96. The van der Waals surface area contributed by atoms with Crippen LogP contribution in [0.25, 0.3) is 17.0 Å². The van der Waals surface area contributed by atoms with Crippen molar-refractivity contribution in [3.05, 3.63) is 35.4 Å². The van der Waals surface area contributed by atoms with E-state index in [1.807, 2.05) is 52.0 Å². The summed E-state index contributed by atoms with van der Waals surface area (Å²) in [6, 6.07) is 6.03. The lowest BCUT2D eigenvalue weighted by atomic mass is 9.77. The van der Waals surface area contributed by atoms with Gasteiger partial charge in [-0.05, 0) is 44.8 Å². The molecule has 1 aliphatic rings. The molecule has 1 amide bonds. The highest BCUT2D eigenvalue weighted by Gasteiger charge is 2.52. The third kappa shape index (κ3) is 3.62. The molecule has 2 N–H and O–H groups in total. The highest BCUT2D eigenvalue weighted by Crippen LogP contribution is 2.38. The Morgan fingerprint density at radius 1 is 1.28 bits per heavy atom. The first kappa shape index (κ1) is 17.7. The van der Waals surface area contributed by atoms with Gasteiger partial charge in [-0.2, -0.15) is 5.10 Å². The Morgan fingerprint density at radius 2 is 1.96 bits per heavy atom. The number of hydrogen-bond donors (Lipinski definition) is 2. The van der Waals surface area contributed by atoms with Gasteiger partial charge >= 0.3 is 7.12 Å². The van der Waals surface area contributed by atoms with Crippen LogP contribution in [0.3, 0.4) is 0 Å². The average molecular weight is 341 g/mol. The van der Waals surface area contributed by atoms with Gasteiger partial charge < -0.3 is 14.6 Å². The number of fused-ring (bicyclic) bond motifs is 1. The lowest BCUT2D eigenvalue weighted by Crippen LogP contribution is -2.41. The van der Waals surface area contributed by atoms with Gasteiger partial charge in [0.2, 0.25) is 5.91 Å². The van der Waals surface area contributed by atoms with Gasteiger partial charge in [-0.15, -0.1) is 0 Å². The molecule has 0 aliphatic carbocycles. The van der Waals surface area contributed by atoms with E-state index < -0.39 is 18.3 Å². The van der Waals surface area contributed by atoms with E-state index in [1.165, 1.54) is 6.92 Å². The molecule has 1 aromatic heterocycles. The van der Waals surface area contributed by atoms with E-state index in [0.29, 0.717) is 6.54 Å². The first-order valence-corrected chi connectivity index (χ1v) is 8.42. The maximum Gasteiger partial charge on any atom is 0.492 e. The fourth-order valence-electron chi connectivity index (χ4n) is 2.68. The number of amides is 1. The molecule has 1 saturated heterocycles. The molecule has 1 aromatic carbocycles. The summed E-state index contributed by atoms with van der Waals surface area (Å²) < 4.78 is 12.3. The van der Waals surface area contributed by atoms with Gasteiger partial charge in [-0.3, -0.25) is 9.89 Å². The summed E-state index contributed by atoms with van der Waals surface area (Å²) in [5.74, 6) is -0.0913. The Hall–Kier alpha value is -2.12. The third-order valence-corrected chi connectivity index (χ3v) is 4.92. The van der Waals surface area contributed by atoms with E-state index in [0.717, 1.165) is 21.9 Å². The van der Waals surface area contributed by atoms with Crippen LogP contribution >= 0.6 is 0 Å². The highest BCUT2D eigenvalue weighted by molar-refractivity contribution is 6.56. The van der Waals surface area contributed by atoms with E-state index in [-0.39, 0.29) is 5.91 Å². The van der Waals surface area contributed by atoms with Gasteiger partial charge in [0.05, 0.1) is 22.9 Å². The molecule has 132 valence electrons.